The molecule has 0 saturated carbocycles. The van der Waals surface area contributed by atoms with Crippen molar-refractivity contribution in [2.45, 2.75) is 16.3 Å². The Morgan fingerprint density at radius 2 is 1.74 bits per heavy atom. The van der Waals surface area contributed by atoms with Gasteiger partial charge in [0.05, 0.1) is 21.5 Å². The number of anilines is 2. The Bertz CT molecular complexity index is 1330. The van der Waals surface area contributed by atoms with Crippen molar-refractivity contribution in [3.05, 3.63) is 76.2 Å². The molecule has 4 aromatic rings. The van der Waals surface area contributed by atoms with Crippen LogP contribution in [0.15, 0.2) is 63.7 Å². The number of nitrogens with zero attached hydrogens (tertiary/aromatic N) is 4. The summed E-state index contributed by atoms with van der Waals surface area (Å²) in [6.45, 7) is 2.12. The number of aromatic nitrogens is 3. The minimum absolute atomic E-state index is 0.231. The molecule has 11 heteroatoms. The molecule has 3 heterocycles. The third-order valence-electron chi connectivity index (χ3n) is 5.52. The third kappa shape index (κ3) is 5.05. The lowest BCUT2D eigenvalue weighted by Gasteiger charge is -2.36. The molecule has 1 fully saturated rings. The van der Waals surface area contributed by atoms with Crippen molar-refractivity contribution in [2.24, 2.45) is 0 Å². The number of alkyl halides is 3. The number of para-hydroxylation sites is 1. The lowest BCUT2D eigenvalue weighted by molar-refractivity contribution is -0.137. The van der Waals surface area contributed by atoms with Crippen LogP contribution in [0.1, 0.15) is 11.3 Å². The fraction of sp³-hybridized carbons (Fsp3) is 0.261. The van der Waals surface area contributed by atoms with Crippen LogP contribution in [0.25, 0.3) is 10.2 Å². The van der Waals surface area contributed by atoms with Crippen LogP contribution in [0.3, 0.4) is 0 Å². The van der Waals surface area contributed by atoms with E-state index in [1.807, 2.05) is 34.1 Å². The number of hydrogen-bond acceptors (Lipinski definition) is 7. The molecule has 1 N–H and O–H groups in total. The van der Waals surface area contributed by atoms with Crippen LogP contribution in [0.4, 0.5) is 24.8 Å². The smallest absolute Gasteiger partial charge is 0.368 e. The predicted octanol–water partition coefficient (Wildman–Crippen LogP) is 5.02. The zero-order valence-electron chi connectivity index (χ0n) is 17.9. The van der Waals surface area contributed by atoms with Crippen LogP contribution in [0, 0.1) is 0 Å². The van der Waals surface area contributed by atoms with Gasteiger partial charge >= 0.3 is 6.18 Å². The number of fused-ring (bicyclic) bond motifs is 1. The summed E-state index contributed by atoms with van der Waals surface area (Å²) in [5.74, 6) is 0.997. The number of nitrogens with one attached hydrogen (secondary N) is 1. The second-order valence-corrected chi connectivity index (χ2v) is 10.1. The Morgan fingerprint density at radius 1 is 0.971 bits per heavy atom. The molecule has 0 radical (unpaired) electrons. The van der Waals surface area contributed by atoms with E-state index in [-0.39, 0.29) is 5.56 Å². The maximum Gasteiger partial charge on any atom is 0.416 e. The van der Waals surface area contributed by atoms with Crippen LogP contribution in [0.2, 0.25) is 0 Å². The van der Waals surface area contributed by atoms with Crippen molar-refractivity contribution in [3.63, 3.8) is 0 Å². The van der Waals surface area contributed by atoms with Crippen LogP contribution >= 0.6 is 23.1 Å². The third-order valence-corrected chi connectivity index (χ3v) is 7.73. The number of aromatic amines is 1. The molecular formula is C23H20F3N5OS2. The summed E-state index contributed by atoms with van der Waals surface area (Å²) in [5.41, 5.74) is 1.26. The zero-order chi connectivity index (χ0) is 23.7. The Labute approximate surface area is 201 Å². The van der Waals surface area contributed by atoms with Crippen molar-refractivity contribution < 1.29 is 13.2 Å². The largest absolute Gasteiger partial charge is 0.416 e. The number of thioether (sulfide) groups is 1. The summed E-state index contributed by atoms with van der Waals surface area (Å²) in [5, 5.41) is 0. The van der Waals surface area contributed by atoms with Gasteiger partial charge in [-0.05, 0) is 30.3 Å². The molecular weight excluding hydrogens is 483 g/mol. The summed E-state index contributed by atoms with van der Waals surface area (Å²) >= 11 is 3.14. The van der Waals surface area contributed by atoms with E-state index in [2.05, 4.69) is 15.0 Å². The van der Waals surface area contributed by atoms with E-state index in [0.29, 0.717) is 49.3 Å². The molecule has 1 aliphatic rings. The van der Waals surface area contributed by atoms with E-state index >= 15 is 0 Å². The van der Waals surface area contributed by atoms with E-state index in [0.717, 1.165) is 20.6 Å². The maximum absolute atomic E-state index is 13.0. The predicted molar refractivity (Wildman–Crippen MR) is 130 cm³/mol. The lowest BCUT2D eigenvalue weighted by atomic mass is 10.1. The van der Waals surface area contributed by atoms with Crippen molar-refractivity contribution in [1.29, 1.82) is 0 Å². The highest BCUT2D eigenvalue weighted by atomic mass is 32.2. The van der Waals surface area contributed by atoms with E-state index in [9.17, 15) is 18.0 Å². The summed E-state index contributed by atoms with van der Waals surface area (Å²) < 4.78 is 41.2. The second-order valence-electron chi connectivity index (χ2n) is 7.82. The first-order valence-electron chi connectivity index (χ1n) is 10.6. The number of benzene rings is 2. The van der Waals surface area contributed by atoms with Crippen molar-refractivity contribution in [2.75, 3.05) is 36.0 Å². The van der Waals surface area contributed by atoms with Gasteiger partial charge < -0.3 is 9.80 Å². The highest BCUT2D eigenvalue weighted by molar-refractivity contribution is 8.00. The molecule has 0 spiro atoms. The summed E-state index contributed by atoms with van der Waals surface area (Å²) in [7, 11) is 0. The first kappa shape index (κ1) is 22.7. The minimum atomic E-state index is -4.37. The summed E-state index contributed by atoms with van der Waals surface area (Å²) in [6, 6.07) is 14.8. The molecule has 0 aliphatic carbocycles. The zero-order valence-corrected chi connectivity index (χ0v) is 19.5. The van der Waals surface area contributed by atoms with Gasteiger partial charge in [-0.1, -0.05) is 30.0 Å². The summed E-state index contributed by atoms with van der Waals surface area (Å²) in [6.07, 6.45) is -4.37. The standard InChI is InChI=1S/C23H20F3N5OS2/c24-23(25,26)15-4-3-5-17(12-15)30-8-10-31(11-9-30)21-27-16(13-20(32)29-21)14-33-22-28-18-6-1-2-7-19(18)34-22/h1-7,12-13H,8-11,14H2,(H,27,29,32). The van der Waals surface area contributed by atoms with Crippen LogP contribution in [0.5, 0.6) is 0 Å². The van der Waals surface area contributed by atoms with Crippen molar-refractivity contribution in [3.8, 4) is 0 Å². The highest BCUT2D eigenvalue weighted by Gasteiger charge is 2.31. The average molecular weight is 504 g/mol. The molecule has 34 heavy (non-hydrogen) atoms. The minimum Gasteiger partial charge on any atom is -0.368 e. The van der Waals surface area contributed by atoms with E-state index < -0.39 is 11.7 Å². The SMILES string of the molecule is O=c1cc(CSc2nc3ccccc3s2)nc(N2CCN(c3cccc(C(F)(F)F)c3)CC2)[nH]1. The lowest BCUT2D eigenvalue weighted by Crippen LogP contribution is -2.47. The van der Waals surface area contributed by atoms with Gasteiger partial charge in [-0.25, -0.2) is 9.97 Å². The van der Waals surface area contributed by atoms with Gasteiger partial charge in [-0.3, -0.25) is 9.78 Å². The van der Waals surface area contributed by atoms with Gasteiger partial charge in [-0.15, -0.1) is 11.3 Å². The quantitative estimate of drug-likeness (QED) is 0.386. The Hall–Kier alpha value is -3.05. The van der Waals surface area contributed by atoms with Crippen LogP contribution in [-0.2, 0) is 11.9 Å². The summed E-state index contributed by atoms with van der Waals surface area (Å²) in [4.78, 5) is 28.2. The topological polar surface area (TPSA) is 65.1 Å². The van der Waals surface area contributed by atoms with Crippen molar-refractivity contribution >= 4 is 45.0 Å². The molecule has 1 aliphatic heterocycles. The molecule has 176 valence electrons. The molecule has 5 rings (SSSR count). The number of hydrogen-bond donors (Lipinski definition) is 1. The monoisotopic (exact) mass is 503 g/mol. The number of rotatable bonds is 5. The van der Waals surface area contributed by atoms with E-state index in [1.54, 1.807) is 17.4 Å². The van der Waals surface area contributed by atoms with Crippen LogP contribution in [-0.4, -0.2) is 41.1 Å². The average Bonchev–Trinajstić information content (AvgIpc) is 3.25. The van der Waals surface area contributed by atoms with Gasteiger partial charge in [0.25, 0.3) is 5.56 Å². The Balaban J connectivity index is 1.25. The van der Waals surface area contributed by atoms with Gasteiger partial charge in [0.1, 0.15) is 0 Å². The Kier molecular flexibility index (Phi) is 6.22. The number of piperazine rings is 1. The van der Waals surface area contributed by atoms with Crippen molar-refractivity contribution in [1.82, 2.24) is 15.0 Å². The molecule has 0 atom stereocenters. The fourth-order valence-electron chi connectivity index (χ4n) is 3.82. The fourth-order valence-corrected chi connectivity index (χ4v) is 5.78. The highest BCUT2D eigenvalue weighted by Crippen LogP contribution is 2.33. The molecule has 2 aromatic heterocycles. The number of halogens is 3. The van der Waals surface area contributed by atoms with Crippen LogP contribution < -0.4 is 15.4 Å². The van der Waals surface area contributed by atoms with Gasteiger partial charge in [-0.2, -0.15) is 13.2 Å². The number of H-pyrrole nitrogens is 1. The van der Waals surface area contributed by atoms with Gasteiger partial charge in [0, 0.05) is 43.7 Å². The first-order chi connectivity index (χ1) is 16.3. The second kappa shape index (κ2) is 9.30. The normalized spacial score (nSPS) is 14.7. The first-order valence-corrected chi connectivity index (χ1v) is 12.4. The molecule has 0 amide bonds. The number of thiazole rings is 1. The van der Waals surface area contributed by atoms with Gasteiger partial charge in [0.15, 0.2) is 4.34 Å². The van der Waals surface area contributed by atoms with E-state index in [4.69, 9.17) is 0 Å². The Morgan fingerprint density at radius 3 is 2.50 bits per heavy atom. The molecule has 2 aromatic carbocycles. The van der Waals surface area contributed by atoms with E-state index in [1.165, 1.54) is 30.0 Å². The maximum atomic E-state index is 13.0. The molecule has 0 bridgehead atoms. The molecule has 0 unspecified atom stereocenters. The molecule has 1 saturated heterocycles. The van der Waals surface area contributed by atoms with Gasteiger partial charge in [0.2, 0.25) is 5.95 Å². The molecule has 6 nitrogen and oxygen atoms in total.